The minimum Gasteiger partial charge on any atom is -0.380 e. The van der Waals surface area contributed by atoms with Crippen molar-refractivity contribution >= 4 is 30.7 Å². The number of carbonyl (C=O) groups is 1. The van der Waals surface area contributed by atoms with Gasteiger partial charge in [-0.05, 0) is 31.0 Å². The number of halogens is 2. The summed E-state index contributed by atoms with van der Waals surface area (Å²) in [6.07, 6.45) is 6.74. The summed E-state index contributed by atoms with van der Waals surface area (Å²) in [5.41, 5.74) is 8.05. The van der Waals surface area contributed by atoms with Crippen LogP contribution in [-0.4, -0.2) is 43.7 Å². The Morgan fingerprint density at radius 3 is 2.44 bits per heavy atom. The predicted octanol–water partition coefficient (Wildman–Crippen LogP) is 3.27. The van der Waals surface area contributed by atoms with Crippen molar-refractivity contribution in [2.45, 2.75) is 63.8 Å². The lowest BCUT2D eigenvalue weighted by Crippen LogP contribution is -2.34. The average Bonchev–Trinajstić information content (AvgIpc) is 2.66. The number of hydrogen-bond acceptors (Lipinski definition) is 4. The second-order valence-electron chi connectivity index (χ2n) is 7.05. The van der Waals surface area contributed by atoms with Gasteiger partial charge in [-0.15, -0.1) is 24.8 Å². The fraction of sp³-hybridized carbons (Fsp3) is 0.650. The van der Waals surface area contributed by atoms with Crippen LogP contribution in [-0.2, 0) is 22.6 Å². The highest BCUT2D eigenvalue weighted by molar-refractivity contribution is 5.85. The van der Waals surface area contributed by atoms with Gasteiger partial charge >= 0.3 is 0 Å². The summed E-state index contributed by atoms with van der Waals surface area (Å²) in [5.74, 6) is -0.0206. The van der Waals surface area contributed by atoms with Crippen molar-refractivity contribution in [2.75, 3.05) is 20.7 Å². The Balaban J connectivity index is 0.00000338. The SMILES string of the molecule is COC(CN)CC(=O)NCc1ccccc1CN(C)C1CCCCC1.Cl.Cl. The molecule has 1 fully saturated rings. The fourth-order valence-corrected chi connectivity index (χ4v) is 3.54. The van der Waals surface area contributed by atoms with Gasteiger partial charge in [-0.25, -0.2) is 0 Å². The highest BCUT2D eigenvalue weighted by Crippen LogP contribution is 2.23. The molecule has 1 aliphatic rings. The zero-order valence-corrected chi connectivity index (χ0v) is 18.1. The largest absolute Gasteiger partial charge is 0.380 e. The summed E-state index contributed by atoms with van der Waals surface area (Å²) >= 11 is 0. The van der Waals surface area contributed by atoms with Crippen LogP contribution >= 0.6 is 24.8 Å². The molecule has 3 N–H and O–H groups in total. The molecule has 156 valence electrons. The molecule has 0 bridgehead atoms. The third-order valence-corrected chi connectivity index (χ3v) is 5.22. The highest BCUT2D eigenvalue weighted by atomic mass is 35.5. The Morgan fingerprint density at radius 1 is 1.22 bits per heavy atom. The first-order chi connectivity index (χ1) is 12.1. The Morgan fingerprint density at radius 2 is 1.85 bits per heavy atom. The Labute approximate surface area is 176 Å². The van der Waals surface area contributed by atoms with Gasteiger partial charge in [0.2, 0.25) is 5.91 Å². The first-order valence-electron chi connectivity index (χ1n) is 9.40. The van der Waals surface area contributed by atoms with E-state index in [1.54, 1.807) is 7.11 Å². The molecule has 1 aliphatic carbocycles. The lowest BCUT2D eigenvalue weighted by atomic mass is 9.94. The highest BCUT2D eigenvalue weighted by Gasteiger charge is 2.19. The molecule has 0 saturated heterocycles. The molecule has 0 radical (unpaired) electrons. The standard InChI is InChI=1S/C20H33N3O2.2ClH/c1-23(18-10-4-3-5-11-18)15-17-9-7-6-8-16(17)14-22-20(24)12-19(13-21)25-2;;/h6-9,18-19H,3-5,10-15,21H2,1-2H3,(H,22,24);2*1H. The van der Waals surface area contributed by atoms with Crippen molar-refractivity contribution in [2.24, 2.45) is 5.73 Å². The Bertz CT molecular complexity index is 536. The number of hydrogen-bond donors (Lipinski definition) is 2. The summed E-state index contributed by atoms with van der Waals surface area (Å²) in [5, 5.41) is 3.00. The van der Waals surface area contributed by atoms with Crippen molar-refractivity contribution in [1.82, 2.24) is 10.2 Å². The van der Waals surface area contributed by atoms with Gasteiger partial charge in [0.05, 0.1) is 12.5 Å². The van der Waals surface area contributed by atoms with Crippen LogP contribution in [0.3, 0.4) is 0 Å². The van der Waals surface area contributed by atoms with Crippen LogP contribution in [0.4, 0.5) is 0 Å². The molecule has 1 aromatic rings. The third kappa shape index (κ3) is 8.79. The maximum Gasteiger partial charge on any atom is 0.222 e. The number of amides is 1. The summed E-state index contributed by atoms with van der Waals surface area (Å²) in [4.78, 5) is 14.5. The number of carbonyl (C=O) groups excluding carboxylic acids is 1. The van der Waals surface area contributed by atoms with E-state index in [-0.39, 0.29) is 36.8 Å². The molecule has 7 heteroatoms. The van der Waals surface area contributed by atoms with E-state index in [1.165, 1.54) is 43.2 Å². The van der Waals surface area contributed by atoms with Gasteiger partial charge in [-0.2, -0.15) is 0 Å². The first-order valence-corrected chi connectivity index (χ1v) is 9.40. The average molecular weight is 420 g/mol. The first kappa shape index (κ1) is 26.1. The molecule has 1 atom stereocenters. The number of ether oxygens (including phenoxy) is 1. The molecule has 0 spiro atoms. The van der Waals surface area contributed by atoms with E-state index in [2.05, 4.69) is 35.5 Å². The predicted molar refractivity (Wildman–Crippen MR) is 116 cm³/mol. The monoisotopic (exact) mass is 419 g/mol. The Hall–Kier alpha value is -0.850. The second-order valence-corrected chi connectivity index (χ2v) is 7.05. The lowest BCUT2D eigenvalue weighted by Gasteiger charge is -2.31. The van der Waals surface area contributed by atoms with E-state index in [0.717, 1.165) is 6.54 Å². The van der Waals surface area contributed by atoms with E-state index >= 15 is 0 Å². The van der Waals surface area contributed by atoms with Crippen LogP contribution in [0, 0.1) is 0 Å². The maximum absolute atomic E-state index is 12.1. The van der Waals surface area contributed by atoms with Gasteiger partial charge in [0.1, 0.15) is 0 Å². The zero-order chi connectivity index (χ0) is 18.1. The molecule has 1 amide bonds. The number of nitrogens with zero attached hydrogens (tertiary/aromatic N) is 1. The molecule has 1 aromatic carbocycles. The van der Waals surface area contributed by atoms with Gasteiger partial charge in [0, 0.05) is 32.8 Å². The van der Waals surface area contributed by atoms with Crippen LogP contribution in [0.2, 0.25) is 0 Å². The quantitative estimate of drug-likeness (QED) is 0.644. The van der Waals surface area contributed by atoms with E-state index in [9.17, 15) is 4.79 Å². The minimum atomic E-state index is -0.215. The topological polar surface area (TPSA) is 67.6 Å². The minimum absolute atomic E-state index is 0. The third-order valence-electron chi connectivity index (χ3n) is 5.22. The maximum atomic E-state index is 12.1. The van der Waals surface area contributed by atoms with E-state index < -0.39 is 0 Å². The van der Waals surface area contributed by atoms with Crippen molar-refractivity contribution in [3.8, 4) is 0 Å². The normalized spacial score (nSPS) is 15.6. The van der Waals surface area contributed by atoms with Crippen molar-refractivity contribution in [3.63, 3.8) is 0 Å². The summed E-state index contributed by atoms with van der Waals surface area (Å²) in [6, 6.07) is 9.05. The summed E-state index contributed by atoms with van der Waals surface area (Å²) in [7, 11) is 3.80. The van der Waals surface area contributed by atoms with Gasteiger partial charge in [-0.1, -0.05) is 43.5 Å². The number of benzene rings is 1. The molecule has 0 aromatic heterocycles. The molecule has 27 heavy (non-hydrogen) atoms. The lowest BCUT2D eigenvalue weighted by molar-refractivity contribution is -0.123. The van der Waals surface area contributed by atoms with Crippen LogP contribution in [0.15, 0.2) is 24.3 Å². The molecular formula is C20H35Cl2N3O2. The number of rotatable bonds is 9. The number of methoxy groups -OCH3 is 1. The number of nitrogens with one attached hydrogen (secondary N) is 1. The fourth-order valence-electron chi connectivity index (χ4n) is 3.54. The van der Waals surface area contributed by atoms with Crippen molar-refractivity contribution < 1.29 is 9.53 Å². The van der Waals surface area contributed by atoms with Gasteiger partial charge in [0.15, 0.2) is 0 Å². The molecule has 5 nitrogen and oxygen atoms in total. The molecule has 1 unspecified atom stereocenters. The smallest absolute Gasteiger partial charge is 0.222 e. The number of nitrogens with two attached hydrogens (primary N) is 1. The van der Waals surface area contributed by atoms with E-state index in [1.807, 2.05) is 6.07 Å². The summed E-state index contributed by atoms with van der Waals surface area (Å²) < 4.78 is 5.17. The van der Waals surface area contributed by atoms with E-state index in [0.29, 0.717) is 25.6 Å². The van der Waals surface area contributed by atoms with E-state index in [4.69, 9.17) is 10.5 Å². The van der Waals surface area contributed by atoms with Crippen LogP contribution in [0.1, 0.15) is 49.7 Å². The zero-order valence-electron chi connectivity index (χ0n) is 16.5. The molecule has 1 saturated carbocycles. The Kier molecular flexibility index (Phi) is 13.7. The summed E-state index contributed by atoms with van der Waals surface area (Å²) in [6.45, 7) is 1.83. The van der Waals surface area contributed by atoms with Crippen LogP contribution in [0.5, 0.6) is 0 Å². The molecule has 0 heterocycles. The van der Waals surface area contributed by atoms with Gasteiger partial charge in [0.25, 0.3) is 0 Å². The second kappa shape index (κ2) is 14.2. The molecule has 2 rings (SSSR count). The van der Waals surface area contributed by atoms with Crippen LogP contribution < -0.4 is 11.1 Å². The van der Waals surface area contributed by atoms with Gasteiger partial charge < -0.3 is 15.8 Å². The molecule has 0 aliphatic heterocycles. The molecular weight excluding hydrogens is 385 g/mol. The van der Waals surface area contributed by atoms with Crippen molar-refractivity contribution in [1.29, 1.82) is 0 Å². The van der Waals surface area contributed by atoms with Crippen LogP contribution in [0.25, 0.3) is 0 Å². The van der Waals surface area contributed by atoms with Gasteiger partial charge in [-0.3, -0.25) is 9.69 Å². The van der Waals surface area contributed by atoms with Crippen molar-refractivity contribution in [3.05, 3.63) is 35.4 Å².